The van der Waals surface area contributed by atoms with Crippen LogP contribution in [0.4, 0.5) is 0 Å². The van der Waals surface area contributed by atoms with E-state index in [1.165, 1.54) is 5.56 Å². The largest absolute Gasteiger partial charge is 0.308 e. The van der Waals surface area contributed by atoms with E-state index in [1.54, 1.807) is 0 Å². The highest BCUT2D eigenvalue weighted by Gasteiger charge is 2.12. The molecular weight excluding hydrogens is 248 g/mol. The second-order valence-electron chi connectivity index (χ2n) is 6.07. The number of hydrogen-bond acceptors (Lipinski definition) is 3. The fraction of sp³-hybridized carbons (Fsp3) is 0.500. The fourth-order valence-corrected chi connectivity index (χ4v) is 2.11. The molecule has 2 aromatic heterocycles. The van der Waals surface area contributed by atoms with Gasteiger partial charge in [0.15, 0.2) is 0 Å². The Labute approximate surface area is 121 Å². The van der Waals surface area contributed by atoms with Crippen LogP contribution in [0.3, 0.4) is 0 Å². The topological polar surface area (TPSA) is 42.7 Å². The van der Waals surface area contributed by atoms with E-state index in [2.05, 4.69) is 53.6 Å². The van der Waals surface area contributed by atoms with Crippen LogP contribution in [-0.2, 0) is 13.0 Å². The first-order valence-electron chi connectivity index (χ1n) is 7.22. The van der Waals surface area contributed by atoms with Crippen LogP contribution >= 0.6 is 0 Å². The summed E-state index contributed by atoms with van der Waals surface area (Å²) in [7, 11) is 0. The monoisotopic (exact) mass is 272 g/mol. The maximum atomic E-state index is 4.45. The van der Waals surface area contributed by atoms with Gasteiger partial charge in [-0.15, -0.1) is 0 Å². The number of hydrogen-bond donors (Lipinski definition) is 1. The van der Waals surface area contributed by atoms with Gasteiger partial charge in [-0.25, -0.2) is 4.98 Å². The third kappa shape index (κ3) is 3.67. The normalized spacial score (nSPS) is 11.8. The molecule has 0 aliphatic rings. The Morgan fingerprint density at radius 1 is 1.25 bits per heavy atom. The SMILES string of the molecule is CCCc1nccn1-c1ccncc1CNC(C)(C)C. The molecule has 2 heterocycles. The van der Waals surface area contributed by atoms with Gasteiger partial charge in [-0.2, -0.15) is 0 Å². The van der Waals surface area contributed by atoms with E-state index >= 15 is 0 Å². The molecule has 0 saturated carbocycles. The Balaban J connectivity index is 2.29. The minimum Gasteiger partial charge on any atom is -0.308 e. The van der Waals surface area contributed by atoms with Gasteiger partial charge in [0.25, 0.3) is 0 Å². The molecule has 0 aromatic carbocycles. The molecule has 0 saturated heterocycles. The Morgan fingerprint density at radius 3 is 2.75 bits per heavy atom. The molecule has 20 heavy (non-hydrogen) atoms. The highest BCUT2D eigenvalue weighted by molar-refractivity contribution is 5.40. The second-order valence-corrected chi connectivity index (χ2v) is 6.07. The average molecular weight is 272 g/mol. The Morgan fingerprint density at radius 2 is 2.05 bits per heavy atom. The number of aryl methyl sites for hydroxylation is 1. The number of nitrogens with one attached hydrogen (secondary N) is 1. The zero-order valence-electron chi connectivity index (χ0n) is 12.8. The Kier molecular flexibility index (Phi) is 4.55. The summed E-state index contributed by atoms with van der Waals surface area (Å²) in [5, 5.41) is 3.52. The van der Waals surface area contributed by atoms with Gasteiger partial charge in [0, 0.05) is 48.9 Å². The Hall–Kier alpha value is -1.68. The van der Waals surface area contributed by atoms with Crippen LogP contribution in [0.2, 0.25) is 0 Å². The first-order valence-corrected chi connectivity index (χ1v) is 7.22. The molecule has 0 unspecified atom stereocenters. The zero-order valence-corrected chi connectivity index (χ0v) is 12.8. The van der Waals surface area contributed by atoms with Crippen molar-refractivity contribution >= 4 is 0 Å². The molecule has 0 bridgehead atoms. The molecule has 2 rings (SSSR count). The van der Waals surface area contributed by atoms with E-state index < -0.39 is 0 Å². The molecule has 0 fully saturated rings. The van der Waals surface area contributed by atoms with Crippen molar-refractivity contribution in [2.24, 2.45) is 0 Å². The van der Waals surface area contributed by atoms with E-state index in [0.29, 0.717) is 0 Å². The van der Waals surface area contributed by atoms with Crippen molar-refractivity contribution in [2.75, 3.05) is 0 Å². The number of nitrogens with zero attached hydrogens (tertiary/aromatic N) is 3. The van der Waals surface area contributed by atoms with E-state index in [1.807, 2.05) is 24.8 Å². The van der Waals surface area contributed by atoms with Crippen LogP contribution in [0.5, 0.6) is 0 Å². The lowest BCUT2D eigenvalue weighted by Crippen LogP contribution is -2.35. The quantitative estimate of drug-likeness (QED) is 0.909. The van der Waals surface area contributed by atoms with Crippen molar-refractivity contribution in [2.45, 2.75) is 52.6 Å². The van der Waals surface area contributed by atoms with Crippen molar-refractivity contribution in [1.29, 1.82) is 0 Å². The summed E-state index contributed by atoms with van der Waals surface area (Å²) >= 11 is 0. The molecule has 4 nitrogen and oxygen atoms in total. The highest BCUT2D eigenvalue weighted by Crippen LogP contribution is 2.17. The van der Waals surface area contributed by atoms with E-state index in [4.69, 9.17) is 0 Å². The zero-order chi connectivity index (χ0) is 14.6. The highest BCUT2D eigenvalue weighted by atomic mass is 15.1. The predicted octanol–water partition coefficient (Wildman–Crippen LogP) is 3.11. The maximum absolute atomic E-state index is 4.45. The molecule has 0 atom stereocenters. The molecule has 0 spiro atoms. The van der Waals surface area contributed by atoms with Crippen molar-refractivity contribution in [3.8, 4) is 5.69 Å². The molecule has 0 aliphatic carbocycles. The van der Waals surface area contributed by atoms with Gasteiger partial charge in [0.05, 0.1) is 5.69 Å². The van der Waals surface area contributed by atoms with Gasteiger partial charge in [0.2, 0.25) is 0 Å². The van der Waals surface area contributed by atoms with Crippen molar-refractivity contribution in [3.63, 3.8) is 0 Å². The maximum Gasteiger partial charge on any atom is 0.113 e. The average Bonchev–Trinajstić information content (AvgIpc) is 2.84. The summed E-state index contributed by atoms with van der Waals surface area (Å²) in [4.78, 5) is 8.71. The van der Waals surface area contributed by atoms with Gasteiger partial charge in [-0.3, -0.25) is 4.98 Å². The number of imidazole rings is 1. The molecule has 108 valence electrons. The fourth-order valence-electron chi connectivity index (χ4n) is 2.11. The number of pyridine rings is 1. The van der Waals surface area contributed by atoms with Crippen molar-refractivity contribution in [1.82, 2.24) is 19.9 Å². The van der Waals surface area contributed by atoms with Crippen LogP contribution < -0.4 is 5.32 Å². The lowest BCUT2D eigenvalue weighted by atomic mass is 10.1. The molecular formula is C16H24N4. The standard InChI is InChI=1S/C16H24N4/c1-5-6-15-18-9-10-20(15)14-7-8-17-11-13(14)12-19-16(2,3)4/h7-11,19H,5-6,12H2,1-4H3. The minimum atomic E-state index is 0.0916. The molecule has 1 N–H and O–H groups in total. The molecule has 4 heteroatoms. The molecule has 0 radical (unpaired) electrons. The van der Waals surface area contributed by atoms with Gasteiger partial charge in [-0.1, -0.05) is 6.92 Å². The minimum absolute atomic E-state index is 0.0916. The van der Waals surface area contributed by atoms with E-state index in [-0.39, 0.29) is 5.54 Å². The van der Waals surface area contributed by atoms with Gasteiger partial charge in [0.1, 0.15) is 5.82 Å². The number of aromatic nitrogens is 3. The lowest BCUT2D eigenvalue weighted by Gasteiger charge is -2.22. The summed E-state index contributed by atoms with van der Waals surface area (Å²) in [6.45, 7) is 9.48. The summed E-state index contributed by atoms with van der Waals surface area (Å²) in [5.41, 5.74) is 2.45. The summed E-state index contributed by atoms with van der Waals surface area (Å²) < 4.78 is 2.17. The number of rotatable bonds is 5. The first-order chi connectivity index (χ1) is 9.51. The third-order valence-electron chi connectivity index (χ3n) is 3.14. The first kappa shape index (κ1) is 14.7. The third-order valence-corrected chi connectivity index (χ3v) is 3.14. The van der Waals surface area contributed by atoms with E-state index in [0.717, 1.165) is 30.9 Å². The predicted molar refractivity (Wildman–Crippen MR) is 81.9 cm³/mol. The smallest absolute Gasteiger partial charge is 0.113 e. The summed E-state index contributed by atoms with van der Waals surface area (Å²) in [6, 6.07) is 2.06. The van der Waals surface area contributed by atoms with Crippen LogP contribution in [0, 0.1) is 0 Å². The van der Waals surface area contributed by atoms with Crippen LogP contribution in [-0.4, -0.2) is 20.1 Å². The Bertz CT molecular complexity index is 552. The molecule has 0 aliphatic heterocycles. The molecule has 0 amide bonds. The van der Waals surface area contributed by atoms with Crippen molar-refractivity contribution < 1.29 is 0 Å². The molecule has 2 aromatic rings. The van der Waals surface area contributed by atoms with Crippen LogP contribution in [0.1, 0.15) is 45.5 Å². The van der Waals surface area contributed by atoms with E-state index in [9.17, 15) is 0 Å². The van der Waals surface area contributed by atoms with Gasteiger partial charge < -0.3 is 9.88 Å². The van der Waals surface area contributed by atoms with Gasteiger partial charge >= 0.3 is 0 Å². The van der Waals surface area contributed by atoms with Crippen molar-refractivity contribution in [3.05, 3.63) is 42.2 Å². The van der Waals surface area contributed by atoms with Crippen LogP contribution in [0.15, 0.2) is 30.9 Å². The second kappa shape index (κ2) is 6.18. The summed E-state index contributed by atoms with van der Waals surface area (Å²) in [5.74, 6) is 1.11. The van der Waals surface area contributed by atoms with Crippen LogP contribution in [0.25, 0.3) is 5.69 Å². The lowest BCUT2D eigenvalue weighted by molar-refractivity contribution is 0.423. The summed E-state index contributed by atoms with van der Waals surface area (Å²) in [6.07, 6.45) is 9.75. The van der Waals surface area contributed by atoms with Gasteiger partial charge in [-0.05, 0) is 33.3 Å².